The number of ether oxygens (including phenoxy) is 1. The van der Waals surface area contributed by atoms with Crippen LogP contribution in [0.3, 0.4) is 0 Å². The minimum Gasteiger partial charge on any atom is -0.496 e. The lowest BCUT2D eigenvalue weighted by Gasteiger charge is -2.22. The molecule has 0 saturated heterocycles. The first-order chi connectivity index (χ1) is 11.2. The number of aromatic nitrogens is 1. The molecular weight excluding hydrogens is 284 g/mol. The van der Waals surface area contributed by atoms with Crippen molar-refractivity contribution in [3.05, 3.63) is 66.0 Å². The Hall–Kier alpha value is -2.13. The lowest BCUT2D eigenvalue weighted by Crippen LogP contribution is -2.27. The molecule has 1 aromatic carbocycles. The van der Waals surface area contributed by atoms with E-state index >= 15 is 0 Å². The predicted molar refractivity (Wildman–Crippen MR) is 96.4 cm³/mol. The maximum atomic E-state index is 5.39. The monoisotopic (exact) mass is 310 g/mol. The largest absolute Gasteiger partial charge is 0.496 e. The molecule has 0 aliphatic heterocycles. The highest BCUT2D eigenvalue weighted by Gasteiger charge is 2.07. The zero-order chi connectivity index (χ0) is 16.5. The van der Waals surface area contributed by atoms with Crippen LogP contribution in [0.1, 0.15) is 25.1 Å². The fraction of sp³-hybridized carbons (Fsp3) is 0.350. The molecule has 0 aliphatic carbocycles. The van der Waals surface area contributed by atoms with E-state index in [2.05, 4.69) is 48.0 Å². The van der Waals surface area contributed by atoms with Gasteiger partial charge in [-0.25, -0.2) is 0 Å². The molecule has 1 aromatic heterocycles. The quantitative estimate of drug-likeness (QED) is 0.728. The summed E-state index contributed by atoms with van der Waals surface area (Å²) >= 11 is 0. The van der Waals surface area contributed by atoms with E-state index in [-0.39, 0.29) is 0 Å². The SMILES string of the molecule is COc1ccccc1C=CCN(Cc1ccccn1)CC(C)C. The molecule has 3 heteroatoms. The molecule has 0 bridgehead atoms. The Morgan fingerprint density at radius 3 is 2.61 bits per heavy atom. The van der Waals surface area contributed by atoms with E-state index in [4.69, 9.17) is 4.74 Å². The van der Waals surface area contributed by atoms with Crippen LogP contribution in [-0.4, -0.2) is 30.1 Å². The summed E-state index contributed by atoms with van der Waals surface area (Å²) in [5.41, 5.74) is 2.22. The Kier molecular flexibility index (Phi) is 6.82. The maximum Gasteiger partial charge on any atom is 0.126 e. The summed E-state index contributed by atoms with van der Waals surface area (Å²) in [5.74, 6) is 1.53. The number of benzene rings is 1. The Labute approximate surface area is 139 Å². The van der Waals surface area contributed by atoms with Crippen LogP contribution in [0.15, 0.2) is 54.7 Å². The highest BCUT2D eigenvalue weighted by molar-refractivity contribution is 5.57. The molecule has 3 nitrogen and oxygen atoms in total. The van der Waals surface area contributed by atoms with Crippen molar-refractivity contribution < 1.29 is 4.74 Å². The van der Waals surface area contributed by atoms with Crippen molar-refractivity contribution in [1.29, 1.82) is 0 Å². The average molecular weight is 310 g/mol. The summed E-state index contributed by atoms with van der Waals surface area (Å²) in [6, 6.07) is 14.2. The van der Waals surface area contributed by atoms with Crippen molar-refractivity contribution in [3.63, 3.8) is 0 Å². The molecule has 0 N–H and O–H groups in total. The Morgan fingerprint density at radius 1 is 1.13 bits per heavy atom. The molecular formula is C20H26N2O. The predicted octanol–water partition coefficient (Wildman–Crippen LogP) is 4.26. The average Bonchev–Trinajstić information content (AvgIpc) is 2.55. The van der Waals surface area contributed by atoms with Gasteiger partial charge >= 0.3 is 0 Å². The first kappa shape index (κ1) is 17.2. The second-order valence-electron chi connectivity index (χ2n) is 6.05. The fourth-order valence-electron chi connectivity index (χ4n) is 2.57. The van der Waals surface area contributed by atoms with Gasteiger partial charge in [0.15, 0.2) is 0 Å². The van der Waals surface area contributed by atoms with Crippen LogP contribution in [-0.2, 0) is 6.54 Å². The molecule has 0 radical (unpaired) electrons. The molecule has 122 valence electrons. The summed E-state index contributed by atoms with van der Waals surface area (Å²) in [6.45, 7) is 7.31. The molecule has 0 spiro atoms. The standard InChI is InChI=1S/C20H26N2O/c1-17(2)15-22(16-19-11-6-7-13-21-19)14-8-10-18-9-4-5-12-20(18)23-3/h4-13,17H,14-16H2,1-3H3. The number of pyridine rings is 1. The van der Waals surface area contributed by atoms with Gasteiger partial charge in [0.1, 0.15) is 5.75 Å². The summed E-state index contributed by atoms with van der Waals surface area (Å²) < 4.78 is 5.39. The van der Waals surface area contributed by atoms with Gasteiger partial charge in [-0.15, -0.1) is 0 Å². The van der Waals surface area contributed by atoms with E-state index in [0.717, 1.165) is 36.6 Å². The highest BCUT2D eigenvalue weighted by Crippen LogP contribution is 2.18. The molecule has 0 unspecified atom stereocenters. The fourth-order valence-corrected chi connectivity index (χ4v) is 2.57. The Balaban J connectivity index is 2.01. The van der Waals surface area contributed by atoms with Crippen LogP contribution in [0.4, 0.5) is 0 Å². The van der Waals surface area contributed by atoms with Gasteiger partial charge in [-0.2, -0.15) is 0 Å². The van der Waals surface area contributed by atoms with Crippen molar-refractivity contribution in [3.8, 4) is 5.75 Å². The molecule has 23 heavy (non-hydrogen) atoms. The van der Waals surface area contributed by atoms with Crippen molar-refractivity contribution in [2.75, 3.05) is 20.2 Å². The smallest absolute Gasteiger partial charge is 0.126 e. The van der Waals surface area contributed by atoms with Crippen LogP contribution >= 0.6 is 0 Å². The summed E-state index contributed by atoms with van der Waals surface area (Å²) in [7, 11) is 1.71. The van der Waals surface area contributed by atoms with Gasteiger partial charge in [-0.05, 0) is 24.1 Å². The normalized spacial score (nSPS) is 11.5. The Bertz CT molecular complexity index is 608. The van der Waals surface area contributed by atoms with Gasteiger partial charge in [0.05, 0.1) is 12.8 Å². The molecule has 0 saturated carbocycles. The van der Waals surface area contributed by atoms with Crippen LogP contribution in [0, 0.1) is 5.92 Å². The van der Waals surface area contributed by atoms with Crippen molar-refractivity contribution in [2.45, 2.75) is 20.4 Å². The second-order valence-corrected chi connectivity index (χ2v) is 6.05. The third kappa shape index (κ3) is 5.87. The number of hydrogen-bond acceptors (Lipinski definition) is 3. The van der Waals surface area contributed by atoms with Gasteiger partial charge in [0.2, 0.25) is 0 Å². The zero-order valence-electron chi connectivity index (χ0n) is 14.3. The first-order valence-corrected chi connectivity index (χ1v) is 8.11. The van der Waals surface area contributed by atoms with Gasteiger partial charge < -0.3 is 4.74 Å². The third-order valence-electron chi connectivity index (χ3n) is 3.54. The van der Waals surface area contributed by atoms with Gasteiger partial charge in [-0.1, -0.05) is 50.3 Å². The molecule has 2 aromatic rings. The lowest BCUT2D eigenvalue weighted by atomic mass is 10.1. The first-order valence-electron chi connectivity index (χ1n) is 8.11. The van der Waals surface area contributed by atoms with Crippen molar-refractivity contribution in [1.82, 2.24) is 9.88 Å². The van der Waals surface area contributed by atoms with E-state index in [9.17, 15) is 0 Å². The summed E-state index contributed by atoms with van der Waals surface area (Å²) in [5, 5.41) is 0. The lowest BCUT2D eigenvalue weighted by molar-refractivity contribution is 0.258. The van der Waals surface area contributed by atoms with E-state index in [1.54, 1.807) is 7.11 Å². The van der Waals surface area contributed by atoms with Crippen LogP contribution < -0.4 is 4.74 Å². The van der Waals surface area contributed by atoms with E-state index < -0.39 is 0 Å². The molecule has 0 atom stereocenters. The van der Waals surface area contributed by atoms with E-state index in [1.165, 1.54) is 0 Å². The van der Waals surface area contributed by atoms with E-state index in [0.29, 0.717) is 5.92 Å². The van der Waals surface area contributed by atoms with Crippen molar-refractivity contribution >= 4 is 6.08 Å². The number of rotatable bonds is 8. The van der Waals surface area contributed by atoms with Crippen LogP contribution in [0.25, 0.3) is 6.08 Å². The maximum absolute atomic E-state index is 5.39. The molecule has 0 fully saturated rings. The summed E-state index contributed by atoms with van der Waals surface area (Å²) in [6.07, 6.45) is 6.18. The van der Waals surface area contributed by atoms with Gasteiger partial charge in [0.25, 0.3) is 0 Å². The minimum atomic E-state index is 0.623. The van der Waals surface area contributed by atoms with Crippen LogP contribution in [0.2, 0.25) is 0 Å². The summed E-state index contributed by atoms with van der Waals surface area (Å²) in [4.78, 5) is 6.85. The molecule has 0 aliphatic rings. The topological polar surface area (TPSA) is 25.4 Å². The third-order valence-corrected chi connectivity index (χ3v) is 3.54. The van der Waals surface area contributed by atoms with Crippen molar-refractivity contribution in [2.24, 2.45) is 5.92 Å². The Morgan fingerprint density at radius 2 is 1.91 bits per heavy atom. The number of nitrogens with zero attached hydrogens (tertiary/aromatic N) is 2. The van der Waals surface area contributed by atoms with Gasteiger partial charge in [-0.3, -0.25) is 9.88 Å². The number of para-hydroxylation sites is 1. The van der Waals surface area contributed by atoms with Crippen LogP contribution in [0.5, 0.6) is 5.75 Å². The molecule has 2 rings (SSSR count). The number of hydrogen-bond donors (Lipinski definition) is 0. The second kappa shape index (κ2) is 9.11. The molecule has 0 amide bonds. The highest BCUT2D eigenvalue weighted by atomic mass is 16.5. The van der Waals surface area contributed by atoms with E-state index in [1.807, 2.05) is 36.5 Å². The number of methoxy groups -OCH3 is 1. The van der Waals surface area contributed by atoms with Gasteiger partial charge in [0, 0.05) is 31.4 Å². The molecule has 1 heterocycles. The zero-order valence-corrected chi connectivity index (χ0v) is 14.3. The minimum absolute atomic E-state index is 0.623.